The molecule has 0 atom stereocenters. The molecule has 0 unspecified atom stereocenters. The highest BCUT2D eigenvalue weighted by atomic mass is 32.2. The molecule has 0 aromatic heterocycles. The van der Waals surface area contributed by atoms with Crippen molar-refractivity contribution in [3.63, 3.8) is 0 Å². The van der Waals surface area contributed by atoms with E-state index < -0.39 is 10.0 Å². The first kappa shape index (κ1) is 21.9. The predicted molar refractivity (Wildman–Crippen MR) is 114 cm³/mol. The van der Waals surface area contributed by atoms with E-state index in [0.717, 1.165) is 25.9 Å². The topological polar surface area (TPSA) is 97.0 Å². The van der Waals surface area contributed by atoms with Crippen molar-refractivity contribution in [1.82, 2.24) is 10.2 Å². The Hall–Kier alpha value is -2.78. The quantitative estimate of drug-likeness (QED) is 0.662. The Balaban J connectivity index is 1.53. The summed E-state index contributed by atoms with van der Waals surface area (Å²) in [4.78, 5) is 14.4. The van der Waals surface area contributed by atoms with Crippen LogP contribution in [-0.4, -0.2) is 59.1 Å². The Morgan fingerprint density at radius 2 is 1.80 bits per heavy atom. The molecule has 8 nitrogen and oxygen atoms in total. The molecular weight excluding hydrogens is 406 g/mol. The lowest BCUT2D eigenvalue weighted by Crippen LogP contribution is -2.44. The van der Waals surface area contributed by atoms with E-state index >= 15 is 0 Å². The van der Waals surface area contributed by atoms with Crippen molar-refractivity contribution in [3.8, 4) is 11.5 Å². The van der Waals surface area contributed by atoms with Crippen molar-refractivity contribution in [2.24, 2.45) is 0 Å². The van der Waals surface area contributed by atoms with Gasteiger partial charge in [-0.3, -0.25) is 9.52 Å². The molecule has 162 valence electrons. The molecule has 9 heteroatoms. The van der Waals surface area contributed by atoms with E-state index in [0.29, 0.717) is 17.2 Å². The summed E-state index contributed by atoms with van der Waals surface area (Å²) in [7, 11) is -0.173. The molecule has 0 radical (unpaired) electrons. The number of hydrogen-bond donors (Lipinski definition) is 2. The zero-order valence-electron chi connectivity index (χ0n) is 17.1. The first-order valence-corrected chi connectivity index (χ1v) is 11.2. The predicted octanol–water partition coefficient (Wildman–Crippen LogP) is 2.09. The minimum atomic E-state index is -3.75. The summed E-state index contributed by atoms with van der Waals surface area (Å²) >= 11 is 0. The Labute approximate surface area is 177 Å². The highest BCUT2D eigenvalue weighted by Gasteiger charge is 2.19. The molecule has 2 N–H and O–H groups in total. The normalized spacial score (nSPS) is 15.4. The van der Waals surface area contributed by atoms with Crippen molar-refractivity contribution in [2.45, 2.75) is 23.8 Å². The van der Waals surface area contributed by atoms with Crippen molar-refractivity contribution < 1.29 is 22.7 Å². The highest BCUT2D eigenvalue weighted by molar-refractivity contribution is 7.92. The number of rotatable bonds is 8. The van der Waals surface area contributed by atoms with Gasteiger partial charge in [0.2, 0.25) is 0 Å². The molecule has 1 fully saturated rings. The molecule has 1 aliphatic heterocycles. The smallest absolute Gasteiger partial charge is 0.261 e. The van der Waals surface area contributed by atoms with Crippen LogP contribution >= 0.6 is 0 Å². The summed E-state index contributed by atoms with van der Waals surface area (Å²) in [6.07, 6.45) is 1.85. The zero-order chi connectivity index (χ0) is 21.6. The summed E-state index contributed by atoms with van der Waals surface area (Å²) < 4.78 is 38.2. The largest absolute Gasteiger partial charge is 0.497 e. The van der Waals surface area contributed by atoms with Gasteiger partial charge in [-0.25, -0.2) is 8.42 Å². The number of amides is 1. The second-order valence-electron chi connectivity index (χ2n) is 7.24. The average Bonchev–Trinajstić information content (AvgIpc) is 2.74. The molecular formula is C21H27N3O5S. The first-order valence-electron chi connectivity index (χ1n) is 9.73. The molecule has 1 aliphatic rings. The standard InChI is InChI=1S/C21H27N3O5S/c1-24-12-10-16(11-13-24)22-21(25)15-29-18-6-8-20(9-7-18)30(26,27)23-17-4-3-5-19(14-17)28-2/h3-9,14,16,23H,10-13,15H2,1-2H3,(H,22,25). The van der Waals surface area contributed by atoms with E-state index in [1.54, 1.807) is 24.3 Å². The third-order valence-corrected chi connectivity index (χ3v) is 6.31. The van der Waals surface area contributed by atoms with E-state index in [1.165, 1.54) is 31.4 Å². The van der Waals surface area contributed by atoms with Gasteiger partial charge < -0.3 is 19.7 Å². The number of methoxy groups -OCH3 is 1. The van der Waals surface area contributed by atoms with Gasteiger partial charge in [0.1, 0.15) is 11.5 Å². The van der Waals surface area contributed by atoms with E-state index in [-0.39, 0.29) is 23.5 Å². The lowest BCUT2D eigenvalue weighted by Gasteiger charge is -2.29. The lowest BCUT2D eigenvalue weighted by molar-refractivity contribution is -0.124. The number of nitrogens with zero attached hydrogens (tertiary/aromatic N) is 1. The molecule has 3 rings (SSSR count). The fourth-order valence-electron chi connectivity index (χ4n) is 3.19. The van der Waals surface area contributed by atoms with E-state index in [1.807, 2.05) is 0 Å². The maximum Gasteiger partial charge on any atom is 0.261 e. The van der Waals surface area contributed by atoms with Crippen LogP contribution in [0.5, 0.6) is 11.5 Å². The second kappa shape index (κ2) is 9.82. The third kappa shape index (κ3) is 6.11. The number of likely N-dealkylation sites (tertiary alicyclic amines) is 1. The van der Waals surface area contributed by atoms with Gasteiger partial charge in [0, 0.05) is 12.1 Å². The van der Waals surface area contributed by atoms with Crippen molar-refractivity contribution in [1.29, 1.82) is 0 Å². The summed E-state index contributed by atoms with van der Waals surface area (Å²) in [5.74, 6) is 0.798. The number of carbonyl (C=O) groups excluding carboxylic acids is 1. The molecule has 0 saturated carbocycles. The van der Waals surface area contributed by atoms with E-state index in [4.69, 9.17) is 9.47 Å². The van der Waals surface area contributed by atoms with Crippen molar-refractivity contribution in [3.05, 3.63) is 48.5 Å². The molecule has 1 heterocycles. The summed E-state index contributed by atoms with van der Waals surface area (Å²) in [6.45, 7) is 1.82. The maximum atomic E-state index is 12.6. The number of anilines is 1. The minimum absolute atomic E-state index is 0.0912. The van der Waals surface area contributed by atoms with Gasteiger partial charge in [-0.2, -0.15) is 0 Å². The van der Waals surface area contributed by atoms with Crippen molar-refractivity contribution >= 4 is 21.6 Å². The van der Waals surface area contributed by atoms with E-state index in [9.17, 15) is 13.2 Å². The van der Waals surface area contributed by atoms with Gasteiger partial charge in [-0.1, -0.05) is 6.07 Å². The van der Waals surface area contributed by atoms with Gasteiger partial charge in [-0.15, -0.1) is 0 Å². The van der Waals surface area contributed by atoms with Crippen LogP contribution < -0.4 is 19.5 Å². The van der Waals surface area contributed by atoms with Gasteiger partial charge >= 0.3 is 0 Å². The molecule has 1 amide bonds. The number of nitrogens with one attached hydrogen (secondary N) is 2. The van der Waals surface area contributed by atoms with Gasteiger partial charge in [-0.05, 0) is 69.4 Å². The van der Waals surface area contributed by atoms with Crippen LogP contribution in [0.25, 0.3) is 0 Å². The SMILES string of the molecule is COc1cccc(NS(=O)(=O)c2ccc(OCC(=O)NC3CCN(C)CC3)cc2)c1. The summed E-state index contributed by atoms with van der Waals surface area (Å²) in [5.41, 5.74) is 0.403. The molecule has 0 aliphatic carbocycles. The van der Waals surface area contributed by atoms with Crippen LogP contribution in [-0.2, 0) is 14.8 Å². The summed E-state index contributed by atoms with van der Waals surface area (Å²) in [5, 5.41) is 2.98. The Bertz CT molecular complexity index is 955. The number of benzene rings is 2. The number of carbonyl (C=O) groups is 1. The van der Waals surface area contributed by atoms with Crippen LogP contribution in [0.15, 0.2) is 53.4 Å². The maximum absolute atomic E-state index is 12.6. The van der Waals surface area contributed by atoms with Crippen LogP contribution in [0.3, 0.4) is 0 Å². The summed E-state index contributed by atoms with van der Waals surface area (Å²) in [6, 6.07) is 12.8. The zero-order valence-corrected chi connectivity index (χ0v) is 17.9. The Morgan fingerprint density at radius 1 is 1.10 bits per heavy atom. The van der Waals surface area contributed by atoms with Gasteiger partial charge in [0.15, 0.2) is 6.61 Å². The molecule has 1 saturated heterocycles. The molecule has 0 spiro atoms. The van der Waals surface area contributed by atoms with Gasteiger partial charge in [0.05, 0.1) is 17.7 Å². The number of sulfonamides is 1. The Morgan fingerprint density at radius 3 is 2.47 bits per heavy atom. The Kier molecular flexibility index (Phi) is 7.17. The monoisotopic (exact) mass is 433 g/mol. The fourth-order valence-corrected chi connectivity index (χ4v) is 4.24. The molecule has 2 aromatic rings. The second-order valence-corrected chi connectivity index (χ2v) is 8.93. The third-order valence-electron chi connectivity index (χ3n) is 4.91. The molecule has 0 bridgehead atoms. The molecule has 30 heavy (non-hydrogen) atoms. The minimum Gasteiger partial charge on any atom is -0.497 e. The number of hydrogen-bond acceptors (Lipinski definition) is 6. The van der Waals surface area contributed by atoms with Crippen LogP contribution in [0, 0.1) is 0 Å². The molecule has 2 aromatic carbocycles. The lowest BCUT2D eigenvalue weighted by atomic mass is 10.1. The fraction of sp³-hybridized carbons (Fsp3) is 0.381. The number of ether oxygens (including phenoxy) is 2. The highest BCUT2D eigenvalue weighted by Crippen LogP contribution is 2.22. The van der Waals surface area contributed by atoms with E-state index in [2.05, 4.69) is 22.0 Å². The van der Waals surface area contributed by atoms with Crippen molar-refractivity contribution in [2.75, 3.05) is 38.6 Å². The first-order chi connectivity index (χ1) is 14.4. The van der Waals surface area contributed by atoms with Gasteiger partial charge in [0.25, 0.3) is 15.9 Å². The van der Waals surface area contributed by atoms with Crippen LogP contribution in [0.1, 0.15) is 12.8 Å². The number of piperidine rings is 1. The average molecular weight is 434 g/mol. The van der Waals surface area contributed by atoms with Crippen LogP contribution in [0.4, 0.5) is 5.69 Å². The van der Waals surface area contributed by atoms with Crippen LogP contribution in [0.2, 0.25) is 0 Å².